The zero-order valence-corrected chi connectivity index (χ0v) is 10.6. The number of benzene rings is 1. The van der Waals surface area contributed by atoms with Gasteiger partial charge in [-0.15, -0.1) is 0 Å². The van der Waals surface area contributed by atoms with Crippen molar-refractivity contribution in [2.24, 2.45) is 7.05 Å². The van der Waals surface area contributed by atoms with Gasteiger partial charge in [0.15, 0.2) is 5.03 Å². The second-order valence-corrected chi connectivity index (χ2v) is 5.92. The topological polar surface area (TPSA) is 52.0 Å². The molecule has 0 bridgehead atoms. The van der Waals surface area contributed by atoms with Gasteiger partial charge in [-0.3, -0.25) is 0 Å². The minimum atomic E-state index is -3.35. The van der Waals surface area contributed by atoms with E-state index in [2.05, 4.69) is 4.98 Å². The summed E-state index contributed by atoms with van der Waals surface area (Å²) < 4.78 is 25.9. The van der Waals surface area contributed by atoms with Crippen LogP contribution in [-0.4, -0.2) is 18.0 Å². The third kappa shape index (κ3) is 2.55. The fraction of sp³-hybridized carbons (Fsp3) is 0.250. The second-order valence-electron chi connectivity index (χ2n) is 3.98. The van der Waals surface area contributed by atoms with Crippen molar-refractivity contribution in [2.75, 3.05) is 0 Å². The first kappa shape index (κ1) is 11.9. The molecular formula is C12H14N2O2S. The van der Waals surface area contributed by atoms with Crippen LogP contribution >= 0.6 is 0 Å². The van der Waals surface area contributed by atoms with Gasteiger partial charge in [-0.2, -0.15) is 0 Å². The lowest BCUT2D eigenvalue weighted by Gasteiger charge is -2.00. The van der Waals surface area contributed by atoms with Gasteiger partial charge < -0.3 is 4.57 Å². The van der Waals surface area contributed by atoms with Crippen LogP contribution in [0.15, 0.2) is 41.6 Å². The summed E-state index contributed by atoms with van der Waals surface area (Å²) in [5.74, 6) is 0.682. The molecule has 0 N–H and O–H groups in total. The van der Waals surface area contributed by atoms with Gasteiger partial charge in [-0.25, -0.2) is 13.4 Å². The van der Waals surface area contributed by atoms with E-state index in [0.717, 1.165) is 5.56 Å². The van der Waals surface area contributed by atoms with Crippen LogP contribution in [0.5, 0.6) is 0 Å². The summed E-state index contributed by atoms with van der Waals surface area (Å²) in [5, 5.41) is 0.140. The molecule has 0 aliphatic heterocycles. The molecule has 0 saturated heterocycles. The van der Waals surface area contributed by atoms with Crippen molar-refractivity contribution >= 4 is 9.84 Å². The van der Waals surface area contributed by atoms with Gasteiger partial charge in [0, 0.05) is 13.2 Å². The fourth-order valence-corrected chi connectivity index (χ4v) is 2.91. The highest BCUT2D eigenvalue weighted by Crippen LogP contribution is 2.15. The molecule has 0 unspecified atom stereocenters. The first-order valence-corrected chi connectivity index (χ1v) is 6.91. The first-order valence-electron chi connectivity index (χ1n) is 5.26. The van der Waals surface area contributed by atoms with Gasteiger partial charge in [-0.1, -0.05) is 30.3 Å². The van der Waals surface area contributed by atoms with E-state index in [-0.39, 0.29) is 10.8 Å². The number of sulfone groups is 1. The van der Waals surface area contributed by atoms with Gasteiger partial charge in [0.05, 0.1) is 5.75 Å². The molecule has 1 heterocycles. The number of nitrogens with zero attached hydrogens (tertiary/aromatic N) is 2. The summed E-state index contributed by atoms with van der Waals surface area (Å²) in [6, 6.07) is 9.12. The maximum absolute atomic E-state index is 12.1. The predicted molar refractivity (Wildman–Crippen MR) is 65.3 cm³/mol. The molecule has 4 nitrogen and oxygen atoms in total. The summed E-state index contributed by atoms with van der Waals surface area (Å²) in [4.78, 5) is 4.05. The molecular weight excluding hydrogens is 236 g/mol. The summed E-state index contributed by atoms with van der Waals surface area (Å²) in [5.41, 5.74) is 0.774. The van der Waals surface area contributed by atoms with Crippen molar-refractivity contribution in [1.29, 1.82) is 0 Å². The number of aromatic nitrogens is 2. The third-order valence-corrected chi connectivity index (χ3v) is 4.15. The van der Waals surface area contributed by atoms with Gasteiger partial charge in [0.1, 0.15) is 5.82 Å². The molecule has 0 amide bonds. The third-order valence-electron chi connectivity index (χ3n) is 2.60. The van der Waals surface area contributed by atoms with Crippen molar-refractivity contribution in [3.8, 4) is 0 Å². The molecule has 0 aliphatic carbocycles. The van der Waals surface area contributed by atoms with Crippen molar-refractivity contribution in [2.45, 2.75) is 17.7 Å². The quantitative estimate of drug-likeness (QED) is 0.833. The van der Waals surface area contributed by atoms with E-state index in [1.165, 1.54) is 0 Å². The summed E-state index contributed by atoms with van der Waals surface area (Å²) in [6.07, 6.45) is 1.55. The highest BCUT2D eigenvalue weighted by atomic mass is 32.2. The molecule has 0 aliphatic rings. The Hall–Kier alpha value is -1.62. The Labute approximate surface area is 101 Å². The van der Waals surface area contributed by atoms with E-state index >= 15 is 0 Å². The molecule has 17 heavy (non-hydrogen) atoms. The van der Waals surface area contributed by atoms with E-state index in [1.54, 1.807) is 36.9 Å². The van der Waals surface area contributed by atoms with E-state index in [1.807, 2.05) is 18.2 Å². The van der Waals surface area contributed by atoms with Crippen molar-refractivity contribution in [3.63, 3.8) is 0 Å². The Morgan fingerprint density at radius 3 is 2.41 bits per heavy atom. The van der Waals surface area contributed by atoms with Crippen LogP contribution in [0.2, 0.25) is 0 Å². The van der Waals surface area contributed by atoms with Gasteiger partial charge in [0.25, 0.3) is 0 Å². The van der Waals surface area contributed by atoms with E-state index in [0.29, 0.717) is 5.82 Å². The zero-order chi connectivity index (χ0) is 12.5. The summed E-state index contributed by atoms with van der Waals surface area (Å²) in [7, 11) is -1.57. The minimum Gasteiger partial charge on any atom is -0.337 e. The van der Waals surface area contributed by atoms with Gasteiger partial charge >= 0.3 is 0 Å². The maximum Gasteiger partial charge on any atom is 0.201 e. The lowest BCUT2D eigenvalue weighted by Crippen LogP contribution is -2.05. The molecule has 90 valence electrons. The van der Waals surface area contributed by atoms with Crippen molar-refractivity contribution in [3.05, 3.63) is 47.9 Å². The van der Waals surface area contributed by atoms with Crippen LogP contribution in [0, 0.1) is 6.92 Å². The Morgan fingerprint density at radius 2 is 1.88 bits per heavy atom. The molecule has 0 atom stereocenters. The monoisotopic (exact) mass is 250 g/mol. The van der Waals surface area contributed by atoms with Crippen LogP contribution in [-0.2, 0) is 22.6 Å². The molecule has 0 spiro atoms. The Kier molecular flexibility index (Phi) is 3.02. The highest BCUT2D eigenvalue weighted by molar-refractivity contribution is 7.90. The highest BCUT2D eigenvalue weighted by Gasteiger charge is 2.19. The molecule has 2 rings (SSSR count). The van der Waals surface area contributed by atoms with Gasteiger partial charge in [-0.05, 0) is 12.5 Å². The van der Waals surface area contributed by atoms with E-state index in [4.69, 9.17) is 0 Å². The Balaban J connectivity index is 2.32. The lowest BCUT2D eigenvalue weighted by molar-refractivity contribution is 0.592. The summed E-state index contributed by atoms with van der Waals surface area (Å²) >= 11 is 0. The van der Waals surface area contributed by atoms with Gasteiger partial charge in [0.2, 0.25) is 9.84 Å². The Bertz CT molecular complexity index is 596. The molecule has 1 aromatic heterocycles. The fourth-order valence-electron chi connectivity index (χ4n) is 1.54. The standard InChI is InChI=1S/C12H14N2O2S/c1-10-13-12(8-14(10)2)17(15,16)9-11-6-4-3-5-7-11/h3-8H,9H2,1-2H3. The number of imidazole rings is 1. The molecule has 2 aromatic rings. The molecule has 5 heteroatoms. The number of aryl methyl sites for hydroxylation is 2. The van der Waals surface area contributed by atoms with Crippen molar-refractivity contribution < 1.29 is 8.42 Å². The number of hydrogen-bond acceptors (Lipinski definition) is 3. The smallest absolute Gasteiger partial charge is 0.201 e. The molecule has 0 saturated carbocycles. The van der Waals surface area contributed by atoms with Crippen LogP contribution < -0.4 is 0 Å². The average molecular weight is 250 g/mol. The van der Waals surface area contributed by atoms with Crippen LogP contribution in [0.25, 0.3) is 0 Å². The molecule has 0 radical (unpaired) electrons. The predicted octanol–water partition coefficient (Wildman–Crippen LogP) is 1.70. The largest absolute Gasteiger partial charge is 0.337 e. The molecule has 1 aromatic carbocycles. The van der Waals surface area contributed by atoms with Crippen molar-refractivity contribution in [1.82, 2.24) is 9.55 Å². The van der Waals surface area contributed by atoms with E-state index < -0.39 is 9.84 Å². The average Bonchev–Trinajstić information content (AvgIpc) is 2.61. The number of hydrogen-bond donors (Lipinski definition) is 0. The summed E-state index contributed by atoms with van der Waals surface area (Å²) in [6.45, 7) is 1.78. The normalized spacial score (nSPS) is 11.6. The van der Waals surface area contributed by atoms with E-state index in [9.17, 15) is 8.42 Å². The zero-order valence-electron chi connectivity index (χ0n) is 9.79. The molecule has 0 fully saturated rings. The first-order chi connectivity index (χ1) is 7.99. The maximum atomic E-state index is 12.1. The SMILES string of the molecule is Cc1nc(S(=O)(=O)Cc2ccccc2)cn1C. The van der Waals surface area contributed by atoms with Crippen LogP contribution in [0.3, 0.4) is 0 Å². The Morgan fingerprint density at radius 1 is 1.24 bits per heavy atom. The van der Waals surface area contributed by atoms with Crippen LogP contribution in [0.4, 0.5) is 0 Å². The lowest BCUT2D eigenvalue weighted by atomic mass is 10.2. The minimum absolute atomic E-state index is 0.00963. The number of rotatable bonds is 3. The second kappa shape index (κ2) is 4.33. The van der Waals surface area contributed by atoms with Crippen LogP contribution in [0.1, 0.15) is 11.4 Å².